The van der Waals surface area contributed by atoms with Gasteiger partial charge < -0.3 is 5.32 Å². The minimum absolute atomic E-state index is 0.0322. The summed E-state index contributed by atoms with van der Waals surface area (Å²) in [6.45, 7) is 3.58. The molecule has 0 atom stereocenters. The molecule has 4 bridgehead atoms. The lowest BCUT2D eigenvalue weighted by Gasteiger charge is -2.55. The summed E-state index contributed by atoms with van der Waals surface area (Å²) in [5.41, 5.74) is 1.07. The van der Waals surface area contributed by atoms with Gasteiger partial charge in [-0.25, -0.2) is 0 Å². The molecule has 1 amide bonds. The van der Waals surface area contributed by atoms with E-state index in [0.29, 0.717) is 12.5 Å². The minimum Gasteiger partial charge on any atom is -0.351 e. The van der Waals surface area contributed by atoms with Crippen LogP contribution in [0.4, 0.5) is 0 Å². The number of amides is 1. The van der Waals surface area contributed by atoms with Crippen molar-refractivity contribution in [2.24, 2.45) is 23.2 Å². The molecule has 4 heteroatoms. The summed E-state index contributed by atoms with van der Waals surface area (Å²) in [6.07, 6.45) is 11.5. The van der Waals surface area contributed by atoms with Crippen molar-refractivity contribution in [3.63, 3.8) is 0 Å². The van der Waals surface area contributed by atoms with Crippen molar-refractivity contribution in [3.8, 4) is 0 Å². The Labute approximate surface area is 126 Å². The molecule has 4 aliphatic carbocycles. The summed E-state index contributed by atoms with van der Waals surface area (Å²) in [5.74, 6) is 2.78. The van der Waals surface area contributed by atoms with Crippen molar-refractivity contribution in [1.29, 1.82) is 0 Å². The summed E-state index contributed by atoms with van der Waals surface area (Å²) < 4.78 is 1.91. The molecule has 4 aliphatic rings. The molecule has 4 saturated carbocycles. The lowest BCUT2D eigenvalue weighted by Crippen LogP contribution is -2.53. The number of nitrogens with one attached hydrogen (secondary N) is 1. The van der Waals surface area contributed by atoms with Crippen LogP contribution in [0.5, 0.6) is 0 Å². The molecule has 4 fully saturated rings. The van der Waals surface area contributed by atoms with E-state index in [1.165, 1.54) is 19.3 Å². The topological polar surface area (TPSA) is 46.9 Å². The van der Waals surface area contributed by atoms with Crippen LogP contribution in [0.15, 0.2) is 12.4 Å². The average molecular weight is 287 g/mol. The standard InChI is InChI=1S/C17H25N3O/c1-2-20-11-15(10-19-20)9-18-16(21)17-6-12-3-13(7-17)5-14(4-12)8-17/h10-14H,2-9H2,1H3,(H,18,21). The number of rotatable bonds is 4. The van der Waals surface area contributed by atoms with E-state index in [2.05, 4.69) is 17.3 Å². The predicted molar refractivity (Wildman–Crippen MR) is 80.4 cm³/mol. The highest BCUT2D eigenvalue weighted by molar-refractivity contribution is 5.83. The molecule has 1 heterocycles. The molecule has 0 aliphatic heterocycles. The first-order chi connectivity index (χ1) is 10.2. The summed E-state index contributed by atoms with van der Waals surface area (Å²) in [5, 5.41) is 7.47. The van der Waals surface area contributed by atoms with E-state index in [1.54, 1.807) is 0 Å². The fourth-order valence-corrected chi connectivity index (χ4v) is 5.43. The van der Waals surface area contributed by atoms with Crippen molar-refractivity contribution in [2.45, 2.75) is 58.5 Å². The average Bonchev–Trinajstić information content (AvgIpc) is 2.91. The van der Waals surface area contributed by atoms with E-state index in [0.717, 1.165) is 49.1 Å². The summed E-state index contributed by atoms with van der Waals surface area (Å²) >= 11 is 0. The third-order valence-corrected chi connectivity index (χ3v) is 5.98. The third kappa shape index (κ3) is 2.29. The minimum atomic E-state index is -0.0322. The Morgan fingerprint density at radius 3 is 2.43 bits per heavy atom. The van der Waals surface area contributed by atoms with Gasteiger partial charge in [0.2, 0.25) is 5.91 Å². The fourth-order valence-electron chi connectivity index (χ4n) is 5.43. The Balaban J connectivity index is 1.43. The number of carbonyl (C=O) groups is 1. The zero-order valence-electron chi connectivity index (χ0n) is 12.8. The first kappa shape index (κ1) is 13.4. The number of nitrogens with zero attached hydrogens (tertiary/aromatic N) is 2. The van der Waals surface area contributed by atoms with E-state index in [9.17, 15) is 4.79 Å². The van der Waals surface area contributed by atoms with Gasteiger partial charge in [0.05, 0.1) is 6.20 Å². The van der Waals surface area contributed by atoms with Gasteiger partial charge in [-0.2, -0.15) is 5.10 Å². The zero-order chi connectivity index (χ0) is 14.4. The van der Waals surface area contributed by atoms with Crippen molar-refractivity contribution in [1.82, 2.24) is 15.1 Å². The molecule has 0 aromatic carbocycles. The van der Waals surface area contributed by atoms with Crippen molar-refractivity contribution in [2.75, 3.05) is 0 Å². The van der Waals surface area contributed by atoms with Crippen LogP contribution < -0.4 is 5.32 Å². The van der Waals surface area contributed by atoms with Crippen molar-refractivity contribution >= 4 is 5.91 Å². The van der Waals surface area contributed by atoms with E-state index in [-0.39, 0.29) is 5.41 Å². The molecule has 0 saturated heterocycles. The Bertz CT molecular complexity index is 513. The lowest BCUT2D eigenvalue weighted by atomic mass is 9.49. The van der Waals surface area contributed by atoms with E-state index < -0.39 is 0 Å². The largest absolute Gasteiger partial charge is 0.351 e. The van der Waals surface area contributed by atoms with E-state index in [1.807, 2.05) is 17.1 Å². The molecule has 0 spiro atoms. The van der Waals surface area contributed by atoms with Crippen LogP contribution in [0.2, 0.25) is 0 Å². The van der Waals surface area contributed by atoms with Crippen LogP contribution in [0.1, 0.15) is 51.0 Å². The maximum atomic E-state index is 12.8. The Kier molecular flexibility index (Phi) is 3.09. The highest BCUT2D eigenvalue weighted by Gasteiger charge is 2.54. The first-order valence-corrected chi connectivity index (χ1v) is 8.46. The maximum absolute atomic E-state index is 12.8. The number of hydrogen-bond donors (Lipinski definition) is 1. The molecular weight excluding hydrogens is 262 g/mol. The van der Waals surface area contributed by atoms with Crippen LogP contribution in [0.3, 0.4) is 0 Å². The number of carbonyl (C=O) groups excluding carboxylic acids is 1. The van der Waals surface area contributed by atoms with Gasteiger partial charge in [0.1, 0.15) is 0 Å². The fraction of sp³-hybridized carbons (Fsp3) is 0.765. The van der Waals surface area contributed by atoms with Gasteiger partial charge in [-0.1, -0.05) is 0 Å². The van der Waals surface area contributed by atoms with Gasteiger partial charge >= 0.3 is 0 Å². The van der Waals surface area contributed by atoms with E-state index >= 15 is 0 Å². The Hall–Kier alpha value is -1.32. The quantitative estimate of drug-likeness (QED) is 0.925. The van der Waals surface area contributed by atoms with Crippen LogP contribution in [0, 0.1) is 23.2 Å². The second-order valence-electron chi connectivity index (χ2n) is 7.58. The third-order valence-electron chi connectivity index (χ3n) is 5.98. The van der Waals surface area contributed by atoms with Gasteiger partial charge in [0.25, 0.3) is 0 Å². The van der Waals surface area contributed by atoms with Crippen LogP contribution in [0.25, 0.3) is 0 Å². The lowest BCUT2D eigenvalue weighted by molar-refractivity contribution is -0.146. The summed E-state index contributed by atoms with van der Waals surface area (Å²) in [7, 11) is 0. The normalized spacial score (nSPS) is 36.9. The highest BCUT2D eigenvalue weighted by atomic mass is 16.2. The van der Waals surface area contributed by atoms with Gasteiger partial charge in [-0.15, -0.1) is 0 Å². The molecule has 5 rings (SSSR count). The Morgan fingerprint density at radius 2 is 1.90 bits per heavy atom. The van der Waals surface area contributed by atoms with Crippen LogP contribution in [-0.4, -0.2) is 15.7 Å². The molecular formula is C17H25N3O. The van der Waals surface area contributed by atoms with Crippen molar-refractivity contribution in [3.05, 3.63) is 18.0 Å². The molecule has 4 nitrogen and oxygen atoms in total. The maximum Gasteiger partial charge on any atom is 0.226 e. The number of aryl methyl sites for hydroxylation is 1. The molecule has 1 aromatic rings. The van der Waals surface area contributed by atoms with Gasteiger partial charge in [0, 0.05) is 30.3 Å². The van der Waals surface area contributed by atoms with Crippen LogP contribution >= 0.6 is 0 Å². The van der Waals surface area contributed by atoms with Gasteiger partial charge in [-0.05, 0) is 63.2 Å². The van der Waals surface area contributed by atoms with Crippen LogP contribution in [-0.2, 0) is 17.9 Å². The predicted octanol–water partition coefficient (Wildman–Crippen LogP) is 2.74. The second-order valence-corrected chi connectivity index (χ2v) is 7.58. The number of aromatic nitrogens is 2. The Morgan fingerprint density at radius 1 is 1.29 bits per heavy atom. The van der Waals surface area contributed by atoms with Gasteiger partial charge in [0.15, 0.2) is 0 Å². The first-order valence-electron chi connectivity index (χ1n) is 8.46. The molecule has 1 N–H and O–H groups in total. The molecule has 114 valence electrons. The smallest absolute Gasteiger partial charge is 0.226 e. The summed E-state index contributed by atoms with van der Waals surface area (Å²) in [4.78, 5) is 12.8. The number of hydrogen-bond acceptors (Lipinski definition) is 2. The SMILES string of the molecule is CCn1cc(CNC(=O)C23CC4CC(CC(C4)C2)C3)cn1. The molecule has 0 unspecified atom stereocenters. The molecule has 21 heavy (non-hydrogen) atoms. The molecule has 0 radical (unpaired) electrons. The van der Waals surface area contributed by atoms with E-state index in [4.69, 9.17) is 0 Å². The highest BCUT2D eigenvalue weighted by Crippen LogP contribution is 2.60. The summed E-state index contributed by atoms with van der Waals surface area (Å²) in [6, 6.07) is 0. The van der Waals surface area contributed by atoms with Crippen molar-refractivity contribution < 1.29 is 4.79 Å². The van der Waals surface area contributed by atoms with Gasteiger partial charge in [-0.3, -0.25) is 9.48 Å². The monoisotopic (exact) mass is 287 g/mol. The second kappa shape index (κ2) is 4.85. The zero-order valence-corrected chi connectivity index (χ0v) is 12.8. The molecule has 1 aromatic heterocycles.